The van der Waals surface area contributed by atoms with Gasteiger partial charge in [-0.1, -0.05) is 24.3 Å². The van der Waals surface area contributed by atoms with Crippen LogP contribution in [0, 0.1) is 21.4 Å². The first-order valence-corrected chi connectivity index (χ1v) is 6.79. The van der Waals surface area contributed by atoms with Crippen LogP contribution in [-0.4, -0.2) is 23.7 Å². The number of nitrogens with one attached hydrogen (secondary N) is 1. The number of carbonyl (C=O) groups excluding carboxylic acids is 1. The van der Waals surface area contributed by atoms with Crippen molar-refractivity contribution in [3.8, 4) is 11.8 Å². The minimum atomic E-state index is -0.558. The third-order valence-electron chi connectivity index (χ3n) is 2.89. The quantitative estimate of drug-likeness (QED) is 0.495. The van der Waals surface area contributed by atoms with E-state index >= 15 is 0 Å². The number of nitrogens with zero attached hydrogens (tertiary/aromatic N) is 3. The van der Waals surface area contributed by atoms with Crippen LogP contribution in [0.25, 0.3) is 0 Å². The lowest BCUT2D eigenvalue weighted by atomic mass is 10.2. The number of benzene rings is 2. The van der Waals surface area contributed by atoms with E-state index in [1.165, 1.54) is 24.4 Å². The number of carbonyl (C=O) groups is 1. The van der Waals surface area contributed by atoms with Crippen molar-refractivity contribution < 1.29 is 14.5 Å². The molecule has 1 amide bonds. The minimum Gasteiger partial charge on any atom is -0.482 e. The number of nitro benzene ring substituents is 1. The lowest BCUT2D eigenvalue weighted by Crippen LogP contribution is -2.24. The Morgan fingerprint density at radius 2 is 2.00 bits per heavy atom. The molecule has 8 heteroatoms. The summed E-state index contributed by atoms with van der Waals surface area (Å²) < 4.78 is 5.24. The van der Waals surface area contributed by atoms with E-state index in [4.69, 9.17) is 10.00 Å². The average molecular weight is 324 g/mol. The van der Waals surface area contributed by atoms with E-state index in [0.717, 1.165) is 0 Å². The molecule has 24 heavy (non-hydrogen) atoms. The monoisotopic (exact) mass is 324 g/mol. The summed E-state index contributed by atoms with van der Waals surface area (Å²) in [6.07, 6.45) is 1.18. The van der Waals surface area contributed by atoms with Crippen molar-refractivity contribution in [2.45, 2.75) is 0 Å². The van der Waals surface area contributed by atoms with Crippen molar-refractivity contribution in [2.24, 2.45) is 5.10 Å². The summed E-state index contributed by atoms with van der Waals surface area (Å²) in [5.41, 5.74) is 2.67. The largest absolute Gasteiger partial charge is 0.482 e. The average Bonchev–Trinajstić information content (AvgIpc) is 2.60. The molecule has 0 aromatic heterocycles. The highest BCUT2D eigenvalue weighted by atomic mass is 16.6. The Balaban J connectivity index is 1.92. The van der Waals surface area contributed by atoms with Gasteiger partial charge in [0.15, 0.2) is 6.61 Å². The van der Waals surface area contributed by atoms with Crippen LogP contribution in [0.2, 0.25) is 0 Å². The molecule has 2 rings (SSSR count). The topological polar surface area (TPSA) is 118 Å². The van der Waals surface area contributed by atoms with Gasteiger partial charge in [-0.15, -0.1) is 0 Å². The normalized spacial score (nSPS) is 10.1. The number of nitriles is 1. The van der Waals surface area contributed by atoms with Crippen LogP contribution in [-0.2, 0) is 4.79 Å². The van der Waals surface area contributed by atoms with Gasteiger partial charge in [-0.05, 0) is 18.2 Å². The van der Waals surface area contributed by atoms with Crippen LogP contribution in [0.5, 0.6) is 5.75 Å². The molecule has 0 saturated heterocycles. The zero-order valence-corrected chi connectivity index (χ0v) is 12.4. The summed E-state index contributed by atoms with van der Waals surface area (Å²) in [6.45, 7) is -0.340. The van der Waals surface area contributed by atoms with E-state index in [1.54, 1.807) is 30.3 Å². The van der Waals surface area contributed by atoms with Crippen LogP contribution in [0.1, 0.15) is 11.1 Å². The molecule has 2 aromatic rings. The lowest BCUT2D eigenvalue weighted by molar-refractivity contribution is -0.385. The molecule has 2 aromatic carbocycles. The van der Waals surface area contributed by atoms with Gasteiger partial charge >= 0.3 is 0 Å². The maximum atomic E-state index is 11.7. The van der Waals surface area contributed by atoms with Crippen LogP contribution < -0.4 is 10.2 Å². The third-order valence-corrected chi connectivity index (χ3v) is 2.89. The van der Waals surface area contributed by atoms with Crippen molar-refractivity contribution in [1.82, 2.24) is 5.43 Å². The minimum absolute atomic E-state index is 0.116. The van der Waals surface area contributed by atoms with Gasteiger partial charge in [0.05, 0.1) is 22.3 Å². The van der Waals surface area contributed by atoms with Crippen molar-refractivity contribution in [3.05, 3.63) is 69.8 Å². The molecule has 0 fully saturated rings. The number of para-hydroxylation sites is 2. The second-order valence-electron chi connectivity index (χ2n) is 4.51. The first-order valence-electron chi connectivity index (χ1n) is 6.79. The first-order chi connectivity index (χ1) is 11.6. The number of ether oxygens (including phenoxy) is 1. The molecule has 0 aliphatic carbocycles. The summed E-state index contributed by atoms with van der Waals surface area (Å²) in [6, 6.07) is 14.5. The van der Waals surface area contributed by atoms with E-state index in [-0.39, 0.29) is 23.6 Å². The Kier molecular flexibility index (Phi) is 5.58. The second kappa shape index (κ2) is 8.05. The Morgan fingerprint density at radius 3 is 2.75 bits per heavy atom. The van der Waals surface area contributed by atoms with Gasteiger partial charge in [0.25, 0.3) is 11.6 Å². The first kappa shape index (κ1) is 16.6. The Bertz CT molecular complexity index is 827. The van der Waals surface area contributed by atoms with Crippen molar-refractivity contribution >= 4 is 17.8 Å². The Hall–Kier alpha value is -3.73. The lowest BCUT2D eigenvalue weighted by Gasteiger charge is -2.06. The SMILES string of the molecule is N#Cc1ccccc1OCC(=O)N/N=C\c1ccccc1[N+](=O)[O-]. The van der Waals surface area contributed by atoms with E-state index in [1.807, 2.05) is 6.07 Å². The maximum absolute atomic E-state index is 11.7. The van der Waals surface area contributed by atoms with Gasteiger partial charge in [-0.25, -0.2) is 5.43 Å². The fourth-order valence-electron chi connectivity index (χ4n) is 1.80. The predicted octanol–water partition coefficient (Wildman–Crippen LogP) is 2.00. The summed E-state index contributed by atoms with van der Waals surface area (Å²) in [5.74, 6) is -0.268. The van der Waals surface area contributed by atoms with Gasteiger partial charge in [0.1, 0.15) is 11.8 Å². The molecule has 8 nitrogen and oxygen atoms in total. The van der Waals surface area contributed by atoms with Crippen molar-refractivity contribution in [3.63, 3.8) is 0 Å². The van der Waals surface area contributed by atoms with Crippen LogP contribution in [0.15, 0.2) is 53.6 Å². The van der Waals surface area contributed by atoms with E-state index in [9.17, 15) is 14.9 Å². The highest BCUT2D eigenvalue weighted by molar-refractivity contribution is 5.86. The van der Waals surface area contributed by atoms with Gasteiger partial charge in [-0.3, -0.25) is 14.9 Å². The smallest absolute Gasteiger partial charge is 0.278 e. The molecular formula is C16H12N4O4. The second-order valence-corrected chi connectivity index (χ2v) is 4.51. The predicted molar refractivity (Wildman–Crippen MR) is 85.5 cm³/mol. The number of amides is 1. The summed E-state index contributed by atoms with van der Waals surface area (Å²) in [7, 11) is 0. The molecule has 0 radical (unpaired) electrons. The highest BCUT2D eigenvalue weighted by Crippen LogP contribution is 2.16. The van der Waals surface area contributed by atoms with Crippen molar-refractivity contribution in [1.29, 1.82) is 5.26 Å². The molecule has 0 aliphatic rings. The number of rotatable bonds is 6. The molecule has 0 atom stereocenters. The summed E-state index contributed by atoms with van der Waals surface area (Å²) in [4.78, 5) is 22.0. The third kappa shape index (κ3) is 4.38. The summed E-state index contributed by atoms with van der Waals surface area (Å²) >= 11 is 0. The molecule has 0 heterocycles. The van der Waals surface area contributed by atoms with E-state index in [0.29, 0.717) is 5.56 Å². The van der Waals surface area contributed by atoms with E-state index < -0.39 is 10.8 Å². The van der Waals surface area contributed by atoms with Gasteiger partial charge in [0.2, 0.25) is 0 Å². The van der Waals surface area contributed by atoms with Crippen LogP contribution in [0.4, 0.5) is 5.69 Å². The molecule has 0 spiro atoms. The fourth-order valence-corrected chi connectivity index (χ4v) is 1.80. The molecule has 0 bridgehead atoms. The summed E-state index contributed by atoms with van der Waals surface area (Å²) in [5, 5.41) is 23.4. The number of hydrogen-bond acceptors (Lipinski definition) is 6. The van der Waals surface area contributed by atoms with Crippen molar-refractivity contribution in [2.75, 3.05) is 6.61 Å². The molecule has 120 valence electrons. The zero-order chi connectivity index (χ0) is 17.4. The van der Waals surface area contributed by atoms with Crippen LogP contribution in [0.3, 0.4) is 0 Å². The highest BCUT2D eigenvalue weighted by Gasteiger charge is 2.10. The number of hydrazone groups is 1. The molecule has 1 N–H and O–H groups in total. The van der Waals surface area contributed by atoms with Gasteiger partial charge < -0.3 is 4.74 Å². The molecule has 0 saturated carbocycles. The van der Waals surface area contributed by atoms with E-state index in [2.05, 4.69) is 10.5 Å². The maximum Gasteiger partial charge on any atom is 0.278 e. The Morgan fingerprint density at radius 1 is 1.29 bits per heavy atom. The fraction of sp³-hybridized carbons (Fsp3) is 0.0625. The number of hydrogen-bond donors (Lipinski definition) is 1. The zero-order valence-electron chi connectivity index (χ0n) is 12.4. The molecular weight excluding hydrogens is 312 g/mol. The van der Waals surface area contributed by atoms with Gasteiger partial charge in [0, 0.05) is 6.07 Å². The van der Waals surface area contributed by atoms with Gasteiger partial charge in [-0.2, -0.15) is 10.4 Å². The number of nitro groups is 1. The molecule has 0 unspecified atom stereocenters. The standard InChI is InChI=1S/C16H12N4O4/c17-9-12-5-2-4-8-15(12)24-11-16(21)19-18-10-13-6-1-3-7-14(13)20(22)23/h1-8,10H,11H2,(H,19,21)/b18-10-. The Labute approximate surface area is 137 Å². The van der Waals surface area contributed by atoms with Crippen LogP contribution >= 0.6 is 0 Å². The molecule has 0 aliphatic heterocycles.